The fraction of sp³-hybridized carbons (Fsp3) is 0.250. The lowest BCUT2D eigenvalue weighted by Gasteiger charge is -2.09. The summed E-state index contributed by atoms with van der Waals surface area (Å²) in [6, 6.07) is 17.0. The molecule has 0 heterocycles. The third-order valence-electron chi connectivity index (χ3n) is 2.98. The molecular weight excluding hydrogens is 291 g/mol. The van der Waals surface area contributed by atoms with Crippen LogP contribution in [0.2, 0.25) is 0 Å². The second-order valence-corrected chi connectivity index (χ2v) is 6.37. The van der Waals surface area contributed by atoms with Gasteiger partial charge in [0.25, 0.3) is 0 Å². The lowest BCUT2D eigenvalue weighted by Crippen LogP contribution is -2.14. The number of rotatable bonds is 7. The first-order valence-electron chi connectivity index (χ1n) is 6.73. The van der Waals surface area contributed by atoms with Crippen LogP contribution in [-0.4, -0.2) is 14.2 Å². The van der Waals surface area contributed by atoms with Crippen molar-refractivity contribution < 1.29 is 17.0 Å². The predicted octanol–water partition coefficient (Wildman–Crippen LogP) is 3.89. The van der Waals surface area contributed by atoms with Crippen LogP contribution in [-0.2, 0) is 10.1 Å². The van der Waals surface area contributed by atoms with E-state index in [9.17, 15) is 12.8 Å². The SMILES string of the molecule is O=S(=O)(CCCC(F)c1ccccc1)Oc1ccccc1. The van der Waals surface area contributed by atoms with Gasteiger partial charge in [0.15, 0.2) is 0 Å². The topological polar surface area (TPSA) is 43.4 Å². The lowest BCUT2D eigenvalue weighted by atomic mass is 10.1. The van der Waals surface area contributed by atoms with E-state index in [1.165, 1.54) is 0 Å². The summed E-state index contributed by atoms with van der Waals surface area (Å²) in [5.74, 6) is 0.0761. The van der Waals surface area contributed by atoms with Gasteiger partial charge in [-0.25, -0.2) is 4.39 Å². The number of para-hydroxylation sites is 1. The molecule has 0 aliphatic heterocycles. The molecule has 0 aliphatic carbocycles. The van der Waals surface area contributed by atoms with Crippen LogP contribution in [0.1, 0.15) is 24.6 Å². The molecule has 0 amide bonds. The van der Waals surface area contributed by atoms with Crippen LogP contribution in [0.4, 0.5) is 4.39 Å². The largest absolute Gasteiger partial charge is 0.382 e. The Balaban J connectivity index is 1.82. The van der Waals surface area contributed by atoms with Gasteiger partial charge in [-0.3, -0.25) is 0 Å². The standard InChI is InChI=1S/C16H17FO3S/c17-16(14-8-3-1-4-9-14)12-7-13-21(18,19)20-15-10-5-2-6-11-15/h1-6,8-11,16H,7,12-13H2. The minimum absolute atomic E-state index is 0.154. The molecule has 2 rings (SSSR count). The molecule has 0 saturated heterocycles. The predicted molar refractivity (Wildman–Crippen MR) is 80.4 cm³/mol. The van der Waals surface area contributed by atoms with E-state index >= 15 is 0 Å². The van der Waals surface area contributed by atoms with Gasteiger partial charge in [-0.15, -0.1) is 0 Å². The molecule has 0 fully saturated rings. The van der Waals surface area contributed by atoms with E-state index in [1.54, 1.807) is 54.6 Å². The van der Waals surface area contributed by atoms with Gasteiger partial charge in [-0.1, -0.05) is 48.5 Å². The summed E-state index contributed by atoms with van der Waals surface area (Å²) in [7, 11) is -3.68. The summed E-state index contributed by atoms with van der Waals surface area (Å²) in [4.78, 5) is 0. The summed E-state index contributed by atoms with van der Waals surface area (Å²) < 4.78 is 42.4. The first-order chi connectivity index (χ1) is 10.1. The number of hydrogen-bond donors (Lipinski definition) is 0. The van der Waals surface area contributed by atoms with Crippen molar-refractivity contribution in [2.75, 3.05) is 5.75 Å². The molecule has 0 saturated carbocycles. The van der Waals surface area contributed by atoms with E-state index in [-0.39, 0.29) is 24.3 Å². The van der Waals surface area contributed by atoms with Gasteiger partial charge in [-0.2, -0.15) is 8.42 Å². The van der Waals surface area contributed by atoms with Crippen LogP contribution in [0.25, 0.3) is 0 Å². The average molecular weight is 308 g/mol. The third kappa shape index (κ3) is 5.19. The zero-order valence-electron chi connectivity index (χ0n) is 11.5. The third-order valence-corrected chi connectivity index (χ3v) is 4.21. The highest BCUT2D eigenvalue weighted by Crippen LogP contribution is 2.23. The fourth-order valence-electron chi connectivity index (χ4n) is 1.93. The maximum Gasteiger partial charge on any atom is 0.309 e. The van der Waals surface area contributed by atoms with Gasteiger partial charge in [0.2, 0.25) is 0 Å². The monoisotopic (exact) mass is 308 g/mol. The van der Waals surface area contributed by atoms with Crippen molar-refractivity contribution >= 4 is 10.1 Å². The van der Waals surface area contributed by atoms with Gasteiger partial charge < -0.3 is 4.18 Å². The molecule has 1 unspecified atom stereocenters. The molecular formula is C16H17FO3S. The molecule has 0 aliphatic rings. The second-order valence-electron chi connectivity index (χ2n) is 4.68. The van der Waals surface area contributed by atoms with Crippen LogP contribution >= 0.6 is 0 Å². The van der Waals surface area contributed by atoms with Crippen molar-refractivity contribution in [3.05, 3.63) is 66.2 Å². The Bertz CT molecular complexity index is 642. The van der Waals surface area contributed by atoms with Gasteiger partial charge in [0, 0.05) is 0 Å². The Morgan fingerprint density at radius 3 is 2.14 bits per heavy atom. The van der Waals surface area contributed by atoms with Crippen molar-refractivity contribution in [2.24, 2.45) is 0 Å². The van der Waals surface area contributed by atoms with E-state index in [4.69, 9.17) is 4.18 Å². The quantitative estimate of drug-likeness (QED) is 0.729. The molecule has 2 aromatic carbocycles. The van der Waals surface area contributed by atoms with E-state index in [1.807, 2.05) is 6.07 Å². The average Bonchev–Trinajstić information content (AvgIpc) is 2.48. The van der Waals surface area contributed by atoms with E-state index < -0.39 is 16.3 Å². The fourth-order valence-corrected chi connectivity index (χ4v) is 2.94. The summed E-state index contributed by atoms with van der Waals surface area (Å²) >= 11 is 0. The summed E-state index contributed by atoms with van der Waals surface area (Å²) in [5.41, 5.74) is 0.568. The minimum Gasteiger partial charge on any atom is -0.382 e. The molecule has 0 N–H and O–H groups in total. The lowest BCUT2D eigenvalue weighted by molar-refractivity contribution is 0.320. The van der Waals surface area contributed by atoms with Crippen LogP contribution in [0.5, 0.6) is 5.75 Å². The van der Waals surface area contributed by atoms with Crippen molar-refractivity contribution in [2.45, 2.75) is 19.0 Å². The Hall–Kier alpha value is -1.88. The summed E-state index contributed by atoms with van der Waals surface area (Å²) in [5, 5.41) is 0. The van der Waals surface area contributed by atoms with Crippen LogP contribution < -0.4 is 4.18 Å². The Morgan fingerprint density at radius 2 is 1.52 bits per heavy atom. The normalized spacial score (nSPS) is 12.8. The first kappa shape index (κ1) is 15.5. The van der Waals surface area contributed by atoms with Crippen LogP contribution in [0, 0.1) is 0 Å². The molecule has 1 atom stereocenters. The van der Waals surface area contributed by atoms with E-state index in [0.29, 0.717) is 5.56 Å². The van der Waals surface area contributed by atoms with E-state index in [0.717, 1.165) is 0 Å². The van der Waals surface area contributed by atoms with Crippen molar-refractivity contribution in [3.8, 4) is 5.75 Å². The van der Waals surface area contributed by atoms with Gasteiger partial charge in [0.1, 0.15) is 11.9 Å². The second kappa shape index (κ2) is 7.22. The molecule has 112 valence electrons. The van der Waals surface area contributed by atoms with Crippen LogP contribution in [0.3, 0.4) is 0 Å². The number of alkyl halides is 1. The number of benzene rings is 2. The van der Waals surface area contributed by atoms with Crippen LogP contribution in [0.15, 0.2) is 60.7 Å². The van der Waals surface area contributed by atoms with Crippen molar-refractivity contribution in [3.63, 3.8) is 0 Å². The molecule has 0 radical (unpaired) electrons. The summed E-state index contributed by atoms with van der Waals surface area (Å²) in [6.45, 7) is 0. The highest BCUT2D eigenvalue weighted by Gasteiger charge is 2.15. The highest BCUT2D eigenvalue weighted by atomic mass is 32.2. The maximum atomic E-state index is 13.9. The highest BCUT2D eigenvalue weighted by molar-refractivity contribution is 7.87. The van der Waals surface area contributed by atoms with Gasteiger partial charge in [-0.05, 0) is 30.5 Å². The molecule has 3 nitrogen and oxygen atoms in total. The molecule has 0 aromatic heterocycles. The number of hydrogen-bond acceptors (Lipinski definition) is 3. The van der Waals surface area contributed by atoms with E-state index in [2.05, 4.69) is 0 Å². The van der Waals surface area contributed by atoms with Crippen molar-refractivity contribution in [1.29, 1.82) is 0 Å². The maximum absolute atomic E-state index is 13.9. The molecule has 0 spiro atoms. The van der Waals surface area contributed by atoms with Crippen molar-refractivity contribution in [1.82, 2.24) is 0 Å². The Labute approximate surface area is 124 Å². The summed E-state index contributed by atoms with van der Waals surface area (Å²) in [6.07, 6.45) is -0.787. The Morgan fingerprint density at radius 1 is 0.952 bits per heavy atom. The van der Waals surface area contributed by atoms with Gasteiger partial charge >= 0.3 is 10.1 Å². The molecule has 0 bridgehead atoms. The van der Waals surface area contributed by atoms with Gasteiger partial charge in [0.05, 0.1) is 5.75 Å². The molecule has 21 heavy (non-hydrogen) atoms. The minimum atomic E-state index is -3.68. The molecule has 2 aromatic rings. The first-order valence-corrected chi connectivity index (χ1v) is 8.31. The zero-order chi connectivity index (χ0) is 15.1. The molecule has 5 heteroatoms. The zero-order valence-corrected chi connectivity index (χ0v) is 12.3. The smallest absolute Gasteiger partial charge is 0.309 e. The number of halogens is 1. The Kier molecular flexibility index (Phi) is 5.33.